The third-order valence-electron chi connectivity index (χ3n) is 1.85. The lowest BCUT2D eigenvalue weighted by molar-refractivity contribution is 0.0190. The molecular weight excluding hydrogens is 194 g/mol. The highest BCUT2D eigenvalue weighted by atomic mass is 16.3. The Bertz CT molecular complexity index is 419. The number of aliphatic hydroxyl groups is 2. The van der Waals surface area contributed by atoms with Gasteiger partial charge in [-0.3, -0.25) is 0 Å². The molecule has 76 valence electrons. The smallest absolute Gasteiger partial charge is 0.140 e. The normalized spacial score (nSPS) is 13.6. The molecule has 0 saturated carbocycles. The van der Waals surface area contributed by atoms with Crippen molar-refractivity contribution in [1.29, 1.82) is 10.5 Å². The number of hydrogen-bond donors (Lipinski definition) is 2. The molecule has 5 nitrogen and oxygen atoms in total. The molecule has 2 N–H and O–H groups in total. The van der Waals surface area contributed by atoms with Crippen molar-refractivity contribution in [2.24, 2.45) is 0 Å². The highest BCUT2D eigenvalue weighted by Gasteiger charge is 2.19. The number of pyridine rings is 1. The number of aliphatic hydroxyl groups excluding tert-OH is 2. The standard InChI is InChI=1S/C10H9N3O2/c11-5-4-9(14)10(15)8-3-1-2-7(6-12)13-8/h1-3,9-10,14-15H,4H2. The van der Waals surface area contributed by atoms with Gasteiger partial charge in [0.1, 0.15) is 17.9 Å². The summed E-state index contributed by atoms with van der Waals surface area (Å²) in [4.78, 5) is 3.81. The molecular formula is C10H9N3O2. The number of rotatable bonds is 3. The third kappa shape index (κ3) is 2.75. The minimum absolute atomic E-state index is 0.163. The lowest BCUT2D eigenvalue weighted by Crippen LogP contribution is -2.18. The summed E-state index contributed by atoms with van der Waals surface area (Å²) in [6.07, 6.45) is -2.60. The van der Waals surface area contributed by atoms with Crippen LogP contribution in [0, 0.1) is 22.7 Å². The summed E-state index contributed by atoms with van der Waals surface area (Å²) in [6, 6.07) is 8.11. The zero-order valence-corrected chi connectivity index (χ0v) is 7.83. The monoisotopic (exact) mass is 203 g/mol. The van der Waals surface area contributed by atoms with Crippen LogP contribution in [0.25, 0.3) is 0 Å². The van der Waals surface area contributed by atoms with E-state index in [-0.39, 0.29) is 17.8 Å². The molecule has 0 aliphatic rings. The minimum atomic E-state index is -1.24. The van der Waals surface area contributed by atoms with Crippen molar-refractivity contribution < 1.29 is 10.2 Å². The number of aromatic nitrogens is 1. The fraction of sp³-hybridized carbons (Fsp3) is 0.300. The van der Waals surface area contributed by atoms with Gasteiger partial charge < -0.3 is 10.2 Å². The van der Waals surface area contributed by atoms with Gasteiger partial charge in [0, 0.05) is 0 Å². The van der Waals surface area contributed by atoms with Crippen LogP contribution in [0.5, 0.6) is 0 Å². The van der Waals surface area contributed by atoms with Gasteiger partial charge in [0.2, 0.25) is 0 Å². The number of nitriles is 2. The molecule has 1 aromatic rings. The lowest BCUT2D eigenvalue weighted by Gasteiger charge is -2.14. The summed E-state index contributed by atoms with van der Waals surface area (Å²) in [5, 5.41) is 35.8. The van der Waals surface area contributed by atoms with Gasteiger partial charge in [0.15, 0.2) is 0 Å². The van der Waals surface area contributed by atoms with E-state index in [1.165, 1.54) is 12.1 Å². The molecule has 2 unspecified atom stereocenters. The Morgan fingerprint density at radius 2 is 2.07 bits per heavy atom. The fourth-order valence-electron chi connectivity index (χ4n) is 1.08. The van der Waals surface area contributed by atoms with Gasteiger partial charge >= 0.3 is 0 Å². The first-order valence-corrected chi connectivity index (χ1v) is 4.29. The molecule has 1 heterocycles. The summed E-state index contributed by atoms with van der Waals surface area (Å²) in [5.74, 6) is 0. The van der Waals surface area contributed by atoms with Gasteiger partial charge in [-0.1, -0.05) is 6.07 Å². The second kappa shape index (κ2) is 5.06. The summed E-state index contributed by atoms with van der Waals surface area (Å²) < 4.78 is 0. The van der Waals surface area contributed by atoms with E-state index < -0.39 is 12.2 Å². The van der Waals surface area contributed by atoms with E-state index in [1.54, 1.807) is 12.1 Å². The van der Waals surface area contributed by atoms with E-state index in [0.717, 1.165) is 0 Å². The molecule has 0 amide bonds. The minimum Gasteiger partial charge on any atom is -0.389 e. The van der Waals surface area contributed by atoms with Gasteiger partial charge in [-0.2, -0.15) is 10.5 Å². The van der Waals surface area contributed by atoms with Crippen LogP contribution in [0.1, 0.15) is 23.9 Å². The van der Waals surface area contributed by atoms with E-state index in [2.05, 4.69) is 4.98 Å². The van der Waals surface area contributed by atoms with Crippen molar-refractivity contribution in [3.8, 4) is 12.1 Å². The largest absolute Gasteiger partial charge is 0.389 e. The Hall–Kier alpha value is -1.95. The van der Waals surface area contributed by atoms with Crippen LogP contribution in [-0.2, 0) is 0 Å². The molecule has 0 bridgehead atoms. The molecule has 0 aromatic carbocycles. The SMILES string of the molecule is N#CCC(O)C(O)c1cccc(C#N)n1. The van der Waals surface area contributed by atoms with Crippen LogP contribution < -0.4 is 0 Å². The van der Waals surface area contributed by atoms with Gasteiger partial charge in [0.05, 0.1) is 24.3 Å². The lowest BCUT2D eigenvalue weighted by atomic mass is 10.1. The highest BCUT2D eigenvalue weighted by molar-refractivity contribution is 5.23. The summed E-state index contributed by atoms with van der Waals surface area (Å²) in [7, 11) is 0. The molecule has 0 spiro atoms. The van der Waals surface area contributed by atoms with Crippen molar-refractivity contribution >= 4 is 0 Å². The topological polar surface area (TPSA) is 101 Å². The van der Waals surface area contributed by atoms with Gasteiger partial charge in [-0.15, -0.1) is 0 Å². The molecule has 0 fully saturated rings. The predicted octanol–water partition coefficient (Wildman–Crippen LogP) is 0.261. The van der Waals surface area contributed by atoms with Crippen LogP contribution in [0.2, 0.25) is 0 Å². The van der Waals surface area contributed by atoms with Crippen LogP contribution in [-0.4, -0.2) is 21.3 Å². The van der Waals surface area contributed by atoms with E-state index in [9.17, 15) is 10.2 Å². The zero-order valence-electron chi connectivity index (χ0n) is 7.83. The molecule has 0 radical (unpaired) electrons. The zero-order chi connectivity index (χ0) is 11.3. The van der Waals surface area contributed by atoms with Gasteiger partial charge in [-0.05, 0) is 12.1 Å². The average Bonchev–Trinajstić information content (AvgIpc) is 2.28. The van der Waals surface area contributed by atoms with Crippen molar-refractivity contribution in [3.05, 3.63) is 29.6 Å². The summed E-state index contributed by atoms with van der Waals surface area (Å²) in [6.45, 7) is 0. The first kappa shape index (κ1) is 11.1. The quantitative estimate of drug-likeness (QED) is 0.733. The Labute approximate surface area is 86.8 Å². The van der Waals surface area contributed by atoms with E-state index in [1.807, 2.05) is 6.07 Å². The number of nitrogens with zero attached hydrogens (tertiary/aromatic N) is 3. The molecule has 5 heteroatoms. The molecule has 15 heavy (non-hydrogen) atoms. The maximum absolute atomic E-state index is 9.57. The molecule has 1 rings (SSSR count). The van der Waals surface area contributed by atoms with E-state index in [0.29, 0.717) is 0 Å². The third-order valence-corrected chi connectivity index (χ3v) is 1.85. The van der Waals surface area contributed by atoms with Crippen molar-refractivity contribution in [2.75, 3.05) is 0 Å². The van der Waals surface area contributed by atoms with Gasteiger partial charge in [-0.25, -0.2) is 4.98 Å². The van der Waals surface area contributed by atoms with Crippen LogP contribution in [0.15, 0.2) is 18.2 Å². The predicted molar refractivity (Wildman–Crippen MR) is 50.1 cm³/mol. The molecule has 0 aliphatic carbocycles. The first-order chi connectivity index (χ1) is 7.19. The second-order valence-corrected chi connectivity index (χ2v) is 2.93. The summed E-state index contributed by atoms with van der Waals surface area (Å²) in [5.41, 5.74) is 0.354. The Morgan fingerprint density at radius 3 is 2.67 bits per heavy atom. The fourth-order valence-corrected chi connectivity index (χ4v) is 1.08. The van der Waals surface area contributed by atoms with Crippen molar-refractivity contribution in [1.82, 2.24) is 4.98 Å². The maximum Gasteiger partial charge on any atom is 0.140 e. The number of hydrogen-bond acceptors (Lipinski definition) is 5. The van der Waals surface area contributed by atoms with Crippen molar-refractivity contribution in [2.45, 2.75) is 18.6 Å². The Kier molecular flexibility index (Phi) is 3.75. The first-order valence-electron chi connectivity index (χ1n) is 4.29. The Morgan fingerprint density at radius 1 is 1.33 bits per heavy atom. The molecule has 1 aromatic heterocycles. The molecule has 0 aliphatic heterocycles. The Balaban J connectivity index is 2.87. The van der Waals surface area contributed by atoms with E-state index in [4.69, 9.17) is 10.5 Å². The van der Waals surface area contributed by atoms with Crippen LogP contribution in [0.3, 0.4) is 0 Å². The maximum atomic E-state index is 9.57. The van der Waals surface area contributed by atoms with Crippen LogP contribution >= 0.6 is 0 Å². The molecule has 2 atom stereocenters. The van der Waals surface area contributed by atoms with Crippen LogP contribution in [0.4, 0.5) is 0 Å². The van der Waals surface area contributed by atoms with Crippen molar-refractivity contribution in [3.63, 3.8) is 0 Å². The summed E-state index contributed by atoms with van der Waals surface area (Å²) >= 11 is 0. The second-order valence-electron chi connectivity index (χ2n) is 2.93. The highest BCUT2D eigenvalue weighted by Crippen LogP contribution is 2.16. The average molecular weight is 203 g/mol. The molecule has 0 saturated heterocycles. The van der Waals surface area contributed by atoms with Gasteiger partial charge in [0.25, 0.3) is 0 Å². The van der Waals surface area contributed by atoms with E-state index >= 15 is 0 Å².